The molecule has 3 aromatic rings. The van der Waals surface area contributed by atoms with E-state index in [-0.39, 0.29) is 18.7 Å². The van der Waals surface area contributed by atoms with Gasteiger partial charge >= 0.3 is 5.91 Å². The average molecular weight is 377 g/mol. The van der Waals surface area contributed by atoms with E-state index in [1.165, 1.54) is 18.3 Å². The standard InChI is InChI=1S/C21H19N3O4/c1-26-18-10-5-8-16(20(18)27-2)14-23-24(12-6-11-22)21(25)19-13-15-7-3-4-9-17(15)28-19/h3-5,7-10,13-14H,6,12H2,1-2H3. The summed E-state index contributed by atoms with van der Waals surface area (Å²) < 4.78 is 16.3. The third-order valence-corrected chi connectivity index (χ3v) is 4.08. The number of benzene rings is 2. The van der Waals surface area contributed by atoms with E-state index in [0.29, 0.717) is 22.6 Å². The van der Waals surface area contributed by atoms with Crippen molar-refractivity contribution in [2.75, 3.05) is 20.8 Å². The monoisotopic (exact) mass is 377 g/mol. The van der Waals surface area contributed by atoms with Gasteiger partial charge < -0.3 is 13.9 Å². The molecule has 0 aliphatic heterocycles. The number of ether oxygens (including phenoxy) is 2. The third kappa shape index (κ3) is 3.96. The van der Waals surface area contributed by atoms with Crippen LogP contribution in [0, 0.1) is 11.3 Å². The molecule has 0 radical (unpaired) electrons. The van der Waals surface area contributed by atoms with E-state index in [9.17, 15) is 4.79 Å². The van der Waals surface area contributed by atoms with Crippen LogP contribution < -0.4 is 9.47 Å². The number of nitrogens with zero attached hydrogens (tertiary/aromatic N) is 3. The first kappa shape index (κ1) is 19.0. The number of furan rings is 1. The molecule has 7 heteroatoms. The fraction of sp³-hybridized carbons (Fsp3) is 0.190. The van der Waals surface area contributed by atoms with Crippen molar-refractivity contribution in [1.29, 1.82) is 5.26 Å². The van der Waals surface area contributed by atoms with E-state index >= 15 is 0 Å². The van der Waals surface area contributed by atoms with Crippen LogP contribution in [0.2, 0.25) is 0 Å². The molecule has 0 aliphatic carbocycles. The quantitative estimate of drug-likeness (QED) is 0.461. The van der Waals surface area contributed by atoms with Crippen LogP contribution in [0.15, 0.2) is 58.0 Å². The molecule has 3 rings (SSSR count). The predicted octanol–water partition coefficient (Wildman–Crippen LogP) is 3.84. The Kier molecular flexibility index (Phi) is 5.92. The number of hydrogen-bond acceptors (Lipinski definition) is 6. The van der Waals surface area contributed by atoms with Gasteiger partial charge in [-0.05, 0) is 24.3 Å². The average Bonchev–Trinajstić information content (AvgIpc) is 3.17. The maximum atomic E-state index is 12.9. The predicted molar refractivity (Wildman–Crippen MR) is 105 cm³/mol. The molecule has 1 aromatic heterocycles. The van der Waals surface area contributed by atoms with Gasteiger partial charge in [-0.3, -0.25) is 4.79 Å². The molecule has 0 aliphatic rings. The van der Waals surface area contributed by atoms with Crippen molar-refractivity contribution >= 4 is 23.1 Å². The second-order valence-electron chi connectivity index (χ2n) is 5.81. The van der Waals surface area contributed by atoms with Gasteiger partial charge in [0.15, 0.2) is 17.3 Å². The van der Waals surface area contributed by atoms with Gasteiger partial charge in [-0.1, -0.05) is 24.3 Å². The second-order valence-corrected chi connectivity index (χ2v) is 5.81. The van der Waals surface area contributed by atoms with Gasteiger partial charge in [-0.2, -0.15) is 10.4 Å². The van der Waals surface area contributed by atoms with E-state index in [4.69, 9.17) is 19.2 Å². The molecular formula is C21H19N3O4. The summed E-state index contributed by atoms with van der Waals surface area (Å²) >= 11 is 0. The Morgan fingerprint density at radius 1 is 1.21 bits per heavy atom. The maximum Gasteiger partial charge on any atom is 0.309 e. The van der Waals surface area contributed by atoms with Crippen LogP contribution in [0.4, 0.5) is 0 Å². The first-order valence-corrected chi connectivity index (χ1v) is 8.60. The van der Waals surface area contributed by atoms with E-state index in [1.54, 1.807) is 37.4 Å². The number of rotatable bonds is 7. The number of carbonyl (C=O) groups excluding carboxylic acids is 1. The lowest BCUT2D eigenvalue weighted by atomic mass is 10.2. The number of amides is 1. The Bertz CT molecular complexity index is 1020. The lowest BCUT2D eigenvalue weighted by Crippen LogP contribution is -2.26. The Labute approximate surface area is 162 Å². The summed E-state index contributed by atoms with van der Waals surface area (Å²) in [5.74, 6) is 0.794. The highest BCUT2D eigenvalue weighted by Gasteiger charge is 2.19. The summed E-state index contributed by atoms with van der Waals surface area (Å²) in [5.41, 5.74) is 1.26. The molecule has 0 spiro atoms. The van der Waals surface area contributed by atoms with E-state index < -0.39 is 5.91 Å². The van der Waals surface area contributed by atoms with Crippen molar-refractivity contribution in [3.05, 3.63) is 59.9 Å². The van der Waals surface area contributed by atoms with Crippen molar-refractivity contribution in [3.8, 4) is 17.6 Å². The molecule has 2 aromatic carbocycles. The van der Waals surface area contributed by atoms with Gasteiger partial charge in [0.25, 0.3) is 0 Å². The van der Waals surface area contributed by atoms with Gasteiger partial charge in [0.1, 0.15) is 5.58 Å². The molecule has 7 nitrogen and oxygen atoms in total. The fourth-order valence-corrected chi connectivity index (χ4v) is 2.73. The van der Waals surface area contributed by atoms with Crippen molar-refractivity contribution < 1.29 is 18.7 Å². The highest BCUT2D eigenvalue weighted by molar-refractivity contribution is 5.96. The van der Waals surface area contributed by atoms with Crippen molar-refractivity contribution in [1.82, 2.24) is 5.01 Å². The lowest BCUT2D eigenvalue weighted by molar-refractivity contribution is 0.0735. The molecule has 0 N–H and O–H groups in total. The van der Waals surface area contributed by atoms with E-state index in [1.807, 2.05) is 24.3 Å². The molecule has 0 atom stereocenters. The van der Waals surface area contributed by atoms with E-state index in [2.05, 4.69) is 5.10 Å². The number of nitriles is 1. The van der Waals surface area contributed by atoms with Crippen molar-refractivity contribution in [2.45, 2.75) is 6.42 Å². The zero-order valence-corrected chi connectivity index (χ0v) is 15.6. The van der Waals surface area contributed by atoms with Crippen molar-refractivity contribution in [2.24, 2.45) is 5.10 Å². The largest absolute Gasteiger partial charge is 0.493 e. The molecule has 0 saturated heterocycles. The van der Waals surface area contributed by atoms with Crippen LogP contribution in [0.5, 0.6) is 11.5 Å². The molecule has 0 saturated carbocycles. The maximum absolute atomic E-state index is 12.9. The van der Waals surface area contributed by atoms with Gasteiger partial charge in [-0.25, -0.2) is 5.01 Å². The Balaban J connectivity index is 1.91. The SMILES string of the molecule is COc1cccc(C=NN(CCC#N)C(=O)c2cc3ccccc3o2)c1OC. The number of carbonyl (C=O) groups is 1. The minimum Gasteiger partial charge on any atom is -0.493 e. The smallest absolute Gasteiger partial charge is 0.309 e. The summed E-state index contributed by atoms with van der Waals surface area (Å²) in [6.45, 7) is 0.134. The van der Waals surface area contributed by atoms with Crippen LogP contribution in [-0.4, -0.2) is 37.9 Å². The molecule has 1 heterocycles. The topological polar surface area (TPSA) is 88.1 Å². The Morgan fingerprint density at radius 3 is 2.75 bits per heavy atom. The molecular weight excluding hydrogens is 358 g/mol. The number of methoxy groups -OCH3 is 2. The number of hydrogen-bond donors (Lipinski definition) is 0. The molecule has 0 bridgehead atoms. The Hall–Kier alpha value is -3.79. The third-order valence-electron chi connectivity index (χ3n) is 4.08. The first-order valence-electron chi connectivity index (χ1n) is 8.60. The number of hydrazone groups is 1. The van der Waals surface area contributed by atoms with Crippen LogP contribution in [0.25, 0.3) is 11.0 Å². The summed E-state index contributed by atoms with van der Waals surface area (Å²) in [6, 6.07) is 16.4. The lowest BCUT2D eigenvalue weighted by Gasteiger charge is -2.15. The zero-order valence-electron chi connectivity index (χ0n) is 15.6. The van der Waals surface area contributed by atoms with E-state index in [0.717, 1.165) is 5.39 Å². The summed E-state index contributed by atoms with van der Waals surface area (Å²) in [7, 11) is 3.07. The number of fused-ring (bicyclic) bond motifs is 1. The molecule has 0 unspecified atom stereocenters. The number of para-hydroxylation sites is 2. The minimum atomic E-state index is -0.426. The zero-order chi connectivity index (χ0) is 19.9. The molecule has 0 fully saturated rings. The van der Waals surface area contributed by atoms with Crippen LogP contribution >= 0.6 is 0 Å². The molecule has 28 heavy (non-hydrogen) atoms. The summed E-state index contributed by atoms with van der Waals surface area (Å²) in [5, 5.41) is 15.2. The minimum absolute atomic E-state index is 0.134. The van der Waals surface area contributed by atoms with Crippen molar-refractivity contribution in [3.63, 3.8) is 0 Å². The summed E-state index contributed by atoms with van der Waals surface area (Å²) in [4.78, 5) is 12.9. The Morgan fingerprint density at radius 2 is 2.04 bits per heavy atom. The molecule has 142 valence electrons. The van der Waals surface area contributed by atoms with Gasteiger partial charge in [-0.15, -0.1) is 0 Å². The van der Waals surface area contributed by atoms with Gasteiger partial charge in [0.2, 0.25) is 0 Å². The van der Waals surface area contributed by atoms with Gasteiger partial charge in [0.05, 0.1) is 39.5 Å². The van der Waals surface area contributed by atoms with Gasteiger partial charge in [0, 0.05) is 10.9 Å². The fourth-order valence-electron chi connectivity index (χ4n) is 2.73. The van der Waals surface area contributed by atoms with Crippen LogP contribution in [0.1, 0.15) is 22.5 Å². The highest BCUT2D eigenvalue weighted by Crippen LogP contribution is 2.29. The summed E-state index contributed by atoms with van der Waals surface area (Å²) in [6.07, 6.45) is 1.64. The van der Waals surface area contributed by atoms with Crippen LogP contribution in [0.3, 0.4) is 0 Å². The molecule has 1 amide bonds. The normalized spacial score (nSPS) is 10.8. The first-order chi connectivity index (χ1) is 13.7. The highest BCUT2D eigenvalue weighted by atomic mass is 16.5. The van der Waals surface area contributed by atoms with Crippen LogP contribution in [-0.2, 0) is 0 Å². The second kappa shape index (κ2) is 8.73.